The number of aromatic nitrogens is 1. The lowest BCUT2D eigenvalue weighted by molar-refractivity contribution is 0.0949. The van der Waals surface area contributed by atoms with Crippen molar-refractivity contribution in [1.29, 1.82) is 0 Å². The average Bonchev–Trinajstić information content (AvgIpc) is 2.97. The van der Waals surface area contributed by atoms with Crippen molar-refractivity contribution < 1.29 is 9.59 Å². The zero-order valence-corrected chi connectivity index (χ0v) is 14.9. The van der Waals surface area contributed by atoms with Crippen LogP contribution >= 0.6 is 11.3 Å². The summed E-state index contributed by atoms with van der Waals surface area (Å²) in [5, 5.41) is 9.34. The van der Waals surface area contributed by atoms with Gasteiger partial charge in [0.15, 0.2) is 0 Å². The minimum Gasteiger partial charge on any atom is -0.352 e. The number of aryl methyl sites for hydroxylation is 1. The third-order valence-electron chi connectivity index (χ3n) is 3.17. The van der Waals surface area contributed by atoms with Crippen LogP contribution in [0.15, 0.2) is 30.5 Å². The Kier molecular flexibility index (Phi) is 6.31. The molecule has 0 fully saturated rings. The monoisotopic (exact) mass is 346 g/mol. The van der Waals surface area contributed by atoms with Crippen molar-refractivity contribution in [2.45, 2.75) is 27.3 Å². The van der Waals surface area contributed by atoms with E-state index < -0.39 is 0 Å². The predicted octanol–water partition coefficient (Wildman–Crippen LogP) is 3.16. The summed E-state index contributed by atoms with van der Waals surface area (Å²) in [5.41, 5.74) is 1.20. The molecule has 0 saturated carbocycles. The molecule has 1 heterocycles. The molecule has 0 radical (unpaired) electrons. The number of benzene rings is 1. The molecule has 24 heavy (non-hydrogen) atoms. The van der Waals surface area contributed by atoms with Crippen molar-refractivity contribution in [2.75, 3.05) is 11.9 Å². The highest BCUT2D eigenvalue weighted by Gasteiger charge is 2.07. The molecule has 7 heteroatoms. The van der Waals surface area contributed by atoms with Crippen LogP contribution < -0.4 is 16.0 Å². The summed E-state index contributed by atoms with van der Waals surface area (Å²) >= 11 is 1.55. The normalized spacial score (nSPS) is 10.5. The topological polar surface area (TPSA) is 83.1 Å². The SMILES string of the molecule is Cc1ncc(CNC(=O)Nc2ccc(C(=O)NCC(C)C)cc2)s1. The van der Waals surface area contributed by atoms with Crippen molar-refractivity contribution in [1.82, 2.24) is 15.6 Å². The Bertz CT molecular complexity index is 695. The molecule has 0 bridgehead atoms. The second-order valence-electron chi connectivity index (χ2n) is 5.83. The van der Waals surface area contributed by atoms with Gasteiger partial charge in [0.25, 0.3) is 5.91 Å². The number of nitrogens with one attached hydrogen (secondary N) is 3. The molecule has 3 N–H and O–H groups in total. The maximum Gasteiger partial charge on any atom is 0.319 e. The molecular weight excluding hydrogens is 324 g/mol. The van der Waals surface area contributed by atoms with E-state index in [0.717, 1.165) is 9.88 Å². The van der Waals surface area contributed by atoms with Gasteiger partial charge in [-0.1, -0.05) is 13.8 Å². The molecule has 2 aromatic rings. The van der Waals surface area contributed by atoms with Crippen molar-refractivity contribution >= 4 is 29.0 Å². The van der Waals surface area contributed by atoms with Gasteiger partial charge in [0.2, 0.25) is 0 Å². The molecule has 0 aliphatic rings. The lowest BCUT2D eigenvalue weighted by Gasteiger charge is -2.09. The van der Waals surface area contributed by atoms with Crippen LogP contribution in [-0.4, -0.2) is 23.5 Å². The van der Waals surface area contributed by atoms with Gasteiger partial charge < -0.3 is 16.0 Å². The van der Waals surface area contributed by atoms with Crippen LogP contribution in [0.25, 0.3) is 0 Å². The summed E-state index contributed by atoms with van der Waals surface area (Å²) in [6.45, 7) is 7.08. The molecule has 0 saturated heterocycles. The fourth-order valence-corrected chi connectivity index (χ4v) is 2.67. The molecular formula is C17H22N4O2S. The Morgan fingerprint density at radius 1 is 1.17 bits per heavy atom. The van der Waals surface area contributed by atoms with Crippen LogP contribution in [0.5, 0.6) is 0 Å². The molecule has 0 spiro atoms. The van der Waals surface area contributed by atoms with Gasteiger partial charge in [-0.3, -0.25) is 4.79 Å². The van der Waals surface area contributed by atoms with E-state index in [1.54, 1.807) is 41.8 Å². The highest BCUT2D eigenvalue weighted by molar-refractivity contribution is 7.11. The number of hydrogen-bond donors (Lipinski definition) is 3. The predicted molar refractivity (Wildman–Crippen MR) is 96.3 cm³/mol. The van der Waals surface area contributed by atoms with E-state index in [1.165, 1.54) is 0 Å². The van der Waals surface area contributed by atoms with Gasteiger partial charge >= 0.3 is 6.03 Å². The molecule has 0 aliphatic heterocycles. The fourth-order valence-electron chi connectivity index (χ4n) is 1.93. The zero-order chi connectivity index (χ0) is 17.5. The minimum atomic E-state index is -0.293. The van der Waals surface area contributed by atoms with E-state index in [1.807, 2.05) is 20.8 Å². The van der Waals surface area contributed by atoms with Gasteiger partial charge in [0, 0.05) is 28.9 Å². The highest BCUT2D eigenvalue weighted by atomic mass is 32.1. The highest BCUT2D eigenvalue weighted by Crippen LogP contribution is 2.12. The molecule has 1 aromatic heterocycles. The van der Waals surface area contributed by atoms with Crippen molar-refractivity contribution in [3.63, 3.8) is 0 Å². The quantitative estimate of drug-likeness (QED) is 0.751. The van der Waals surface area contributed by atoms with E-state index in [4.69, 9.17) is 0 Å². The third kappa shape index (κ3) is 5.66. The Hall–Kier alpha value is -2.41. The molecule has 6 nitrogen and oxygen atoms in total. The average molecular weight is 346 g/mol. The van der Waals surface area contributed by atoms with Gasteiger partial charge in [-0.25, -0.2) is 9.78 Å². The first kappa shape index (κ1) is 17.9. The van der Waals surface area contributed by atoms with Gasteiger partial charge in [0.05, 0.1) is 11.6 Å². The molecule has 0 atom stereocenters. The van der Waals surface area contributed by atoms with Crippen molar-refractivity contribution in [3.05, 3.63) is 45.9 Å². The van der Waals surface area contributed by atoms with Crippen LogP contribution in [0.3, 0.4) is 0 Å². The molecule has 2 rings (SSSR count). The van der Waals surface area contributed by atoms with Crippen LogP contribution in [0.2, 0.25) is 0 Å². The van der Waals surface area contributed by atoms with Crippen molar-refractivity contribution in [3.8, 4) is 0 Å². The summed E-state index contributed by atoms with van der Waals surface area (Å²) in [6.07, 6.45) is 1.75. The number of rotatable bonds is 6. The lowest BCUT2D eigenvalue weighted by atomic mass is 10.1. The maximum atomic E-state index is 11.9. The van der Waals surface area contributed by atoms with Gasteiger partial charge in [-0.2, -0.15) is 0 Å². The number of amides is 3. The fraction of sp³-hybridized carbons (Fsp3) is 0.353. The maximum absolute atomic E-state index is 11.9. The largest absolute Gasteiger partial charge is 0.352 e. The summed E-state index contributed by atoms with van der Waals surface area (Å²) < 4.78 is 0. The Balaban J connectivity index is 1.82. The van der Waals surface area contributed by atoms with E-state index in [9.17, 15) is 9.59 Å². The number of hydrogen-bond acceptors (Lipinski definition) is 4. The number of anilines is 1. The number of nitrogens with zero attached hydrogens (tertiary/aromatic N) is 1. The first-order chi connectivity index (χ1) is 11.4. The standard InChI is InChI=1S/C17H22N4O2S/c1-11(2)8-19-16(22)13-4-6-14(7-5-13)21-17(23)20-10-15-9-18-12(3)24-15/h4-7,9,11H,8,10H2,1-3H3,(H,19,22)(H2,20,21,23). The first-order valence-electron chi connectivity index (χ1n) is 7.78. The van der Waals surface area contributed by atoms with Crippen LogP contribution in [0.1, 0.15) is 34.1 Å². The zero-order valence-electron chi connectivity index (χ0n) is 14.1. The summed E-state index contributed by atoms with van der Waals surface area (Å²) in [4.78, 5) is 28.9. The van der Waals surface area contributed by atoms with Crippen molar-refractivity contribution in [2.24, 2.45) is 5.92 Å². The first-order valence-corrected chi connectivity index (χ1v) is 8.60. The third-order valence-corrected chi connectivity index (χ3v) is 4.08. The Morgan fingerprint density at radius 2 is 1.88 bits per heavy atom. The van der Waals surface area contributed by atoms with Gasteiger partial charge in [-0.05, 0) is 37.1 Å². The number of thiazole rings is 1. The Labute approximate surface area is 145 Å². The second kappa shape index (κ2) is 8.44. The second-order valence-corrected chi connectivity index (χ2v) is 7.15. The van der Waals surface area contributed by atoms with Gasteiger partial charge in [-0.15, -0.1) is 11.3 Å². The summed E-state index contributed by atoms with van der Waals surface area (Å²) in [7, 11) is 0. The summed E-state index contributed by atoms with van der Waals surface area (Å²) in [6, 6.07) is 6.51. The number of carbonyl (C=O) groups excluding carboxylic acids is 2. The molecule has 0 aliphatic carbocycles. The van der Waals surface area contributed by atoms with E-state index >= 15 is 0 Å². The number of carbonyl (C=O) groups is 2. The van der Waals surface area contributed by atoms with Crippen LogP contribution in [-0.2, 0) is 6.54 Å². The number of urea groups is 1. The minimum absolute atomic E-state index is 0.111. The molecule has 0 unspecified atom stereocenters. The lowest BCUT2D eigenvalue weighted by Crippen LogP contribution is -2.28. The van der Waals surface area contributed by atoms with Crippen LogP contribution in [0.4, 0.5) is 10.5 Å². The van der Waals surface area contributed by atoms with E-state index in [0.29, 0.717) is 30.3 Å². The van der Waals surface area contributed by atoms with Gasteiger partial charge in [0.1, 0.15) is 0 Å². The van der Waals surface area contributed by atoms with E-state index in [-0.39, 0.29) is 11.9 Å². The smallest absolute Gasteiger partial charge is 0.319 e. The van der Waals surface area contributed by atoms with Crippen LogP contribution in [0, 0.1) is 12.8 Å². The molecule has 1 aromatic carbocycles. The molecule has 128 valence electrons. The summed E-state index contributed by atoms with van der Waals surface area (Å²) in [5.74, 6) is 0.293. The Morgan fingerprint density at radius 3 is 2.46 bits per heavy atom. The molecule has 3 amide bonds. The van der Waals surface area contributed by atoms with E-state index in [2.05, 4.69) is 20.9 Å².